The summed E-state index contributed by atoms with van der Waals surface area (Å²) in [5, 5.41) is 10.4. The maximum Gasteiger partial charge on any atom is 0.262 e. The van der Waals surface area contributed by atoms with Crippen molar-refractivity contribution in [2.45, 2.75) is 19.8 Å². The van der Waals surface area contributed by atoms with Gasteiger partial charge in [0.1, 0.15) is 11.4 Å². The standard InChI is InChI=1S/C13H13ClN2O2/c1-2-3-10-15-12(17)11(13(18)16-10)8-4-6-9(14)7-5-8/h4-7H,2-3H2,1H3,(H2,15,16,17,18). The van der Waals surface area contributed by atoms with Crippen LogP contribution in [0, 0.1) is 0 Å². The molecule has 2 rings (SSSR count). The van der Waals surface area contributed by atoms with Gasteiger partial charge in [0.15, 0.2) is 0 Å². The lowest BCUT2D eigenvalue weighted by atomic mass is 10.1. The van der Waals surface area contributed by atoms with Gasteiger partial charge in [-0.25, -0.2) is 0 Å². The molecule has 0 saturated carbocycles. The first-order valence-corrected chi connectivity index (χ1v) is 6.07. The highest BCUT2D eigenvalue weighted by Crippen LogP contribution is 2.24. The van der Waals surface area contributed by atoms with Crippen molar-refractivity contribution in [1.82, 2.24) is 9.97 Å². The number of aryl methyl sites for hydroxylation is 1. The van der Waals surface area contributed by atoms with E-state index in [1.165, 1.54) is 0 Å². The third-order valence-corrected chi connectivity index (χ3v) is 2.82. The molecule has 5 heteroatoms. The molecule has 0 aliphatic heterocycles. The van der Waals surface area contributed by atoms with Crippen LogP contribution in [0.4, 0.5) is 0 Å². The molecule has 1 aromatic heterocycles. The number of halogens is 1. The number of nitrogens with zero attached hydrogens (tertiary/aromatic N) is 1. The number of benzene rings is 1. The molecule has 2 N–H and O–H groups in total. The van der Waals surface area contributed by atoms with E-state index in [1.54, 1.807) is 24.3 Å². The lowest BCUT2D eigenvalue weighted by Crippen LogP contribution is -2.13. The molecule has 4 nitrogen and oxygen atoms in total. The van der Waals surface area contributed by atoms with Gasteiger partial charge in [0, 0.05) is 11.4 Å². The van der Waals surface area contributed by atoms with Crippen molar-refractivity contribution in [3.8, 4) is 17.0 Å². The van der Waals surface area contributed by atoms with Gasteiger partial charge in [0.25, 0.3) is 5.56 Å². The molecule has 0 unspecified atom stereocenters. The molecular formula is C13H13ClN2O2. The lowest BCUT2D eigenvalue weighted by Gasteiger charge is -2.05. The molecule has 0 radical (unpaired) electrons. The van der Waals surface area contributed by atoms with Gasteiger partial charge in [0.05, 0.1) is 0 Å². The maximum atomic E-state index is 11.9. The molecule has 18 heavy (non-hydrogen) atoms. The summed E-state index contributed by atoms with van der Waals surface area (Å²) in [7, 11) is 0. The molecule has 1 heterocycles. The topological polar surface area (TPSA) is 66.0 Å². The lowest BCUT2D eigenvalue weighted by molar-refractivity contribution is 0.449. The van der Waals surface area contributed by atoms with Gasteiger partial charge in [-0.2, -0.15) is 4.98 Å². The highest BCUT2D eigenvalue weighted by molar-refractivity contribution is 6.30. The predicted octanol–water partition coefficient (Wildman–Crippen LogP) is 2.75. The van der Waals surface area contributed by atoms with Gasteiger partial charge in [0.2, 0.25) is 5.88 Å². The van der Waals surface area contributed by atoms with Crippen molar-refractivity contribution in [2.24, 2.45) is 0 Å². The van der Waals surface area contributed by atoms with E-state index < -0.39 is 0 Å². The van der Waals surface area contributed by atoms with Crippen LogP contribution in [0.15, 0.2) is 29.1 Å². The third-order valence-electron chi connectivity index (χ3n) is 2.57. The summed E-state index contributed by atoms with van der Waals surface area (Å²) in [5.74, 6) is 0.252. The zero-order chi connectivity index (χ0) is 13.1. The summed E-state index contributed by atoms with van der Waals surface area (Å²) in [4.78, 5) is 18.6. The minimum absolute atomic E-state index is 0.173. The van der Waals surface area contributed by atoms with Crippen molar-refractivity contribution in [3.05, 3.63) is 45.5 Å². The van der Waals surface area contributed by atoms with Crippen LogP contribution in [0.1, 0.15) is 19.2 Å². The summed E-state index contributed by atoms with van der Waals surface area (Å²) >= 11 is 5.78. The van der Waals surface area contributed by atoms with Crippen molar-refractivity contribution < 1.29 is 5.11 Å². The highest BCUT2D eigenvalue weighted by Gasteiger charge is 2.12. The van der Waals surface area contributed by atoms with Gasteiger partial charge in [-0.15, -0.1) is 0 Å². The largest absolute Gasteiger partial charge is 0.493 e. The minimum Gasteiger partial charge on any atom is -0.493 e. The number of H-pyrrole nitrogens is 1. The summed E-state index contributed by atoms with van der Waals surface area (Å²) in [6.07, 6.45) is 1.48. The smallest absolute Gasteiger partial charge is 0.262 e. The van der Waals surface area contributed by atoms with E-state index in [9.17, 15) is 9.90 Å². The summed E-state index contributed by atoms with van der Waals surface area (Å²) in [6.45, 7) is 1.98. The Kier molecular flexibility index (Phi) is 3.67. The Morgan fingerprint density at radius 1 is 1.33 bits per heavy atom. The summed E-state index contributed by atoms with van der Waals surface area (Å²) in [5.41, 5.74) is 0.425. The van der Waals surface area contributed by atoms with E-state index in [-0.39, 0.29) is 17.0 Å². The number of hydrogen-bond acceptors (Lipinski definition) is 3. The Bertz CT molecular complexity index is 605. The number of aromatic hydroxyl groups is 1. The average Bonchev–Trinajstić information content (AvgIpc) is 2.31. The van der Waals surface area contributed by atoms with E-state index in [0.717, 1.165) is 6.42 Å². The van der Waals surface area contributed by atoms with Crippen molar-refractivity contribution in [1.29, 1.82) is 0 Å². The van der Waals surface area contributed by atoms with Crippen molar-refractivity contribution in [3.63, 3.8) is 0 Å². The maximum absolute atomic E-state index is 11.9. The van der Waals surface area contributed by atoms with Gasteiger partial charge < -0.3 is 10.1 Å². The molecule has 0 amide bonds. The van der Waals surface area contributed by atoms with Crippen molar-refractivity contribution >= 4 is 11.6 Å². The van der Waals surface area contributed by atoms with E-state index in [4.69, 9.17) is 11.6 Å². The van der Waals surface area contributed by atoms with Crippen LogP contribution >= 0.6 is 11.6 Å². The second-order valence-electron chi connectivity index (χ2n) is 3.97. The number of hydrogen-bond donors (Lipinski definition) is 2. The van der Waals surface area contributed by atoms with Gasteiger partial charge in [-0.1, -0.05) is 30.7 Å². The Morgan fingerprint density at radius 3 is 2.56 bits per heavy atom. The predicted molar refractivity (Wildman–Crippen MR) is 71.0 cm³/mol. The summed E-state index contributed by atoms with van der Waals surface area (Å²) < 4.78 is 0. The first kappa shape index (κ1) is 12.6. The van der Waals surface area contributed by atoms with E-state index >= 15 is 0 Å². The molecule has 2 aromatic rings. The molecule has 0 atom stereocenters. The summed E-state index contributed by atoms with van der Waals surface area (Å²) in [6, 6.07) is 6.67. The Morgan fingerprint density at radius 2 is 2.00 bits per heavy atom. The fraction of sp³-hybridized carbons (Fsp3) is 0.231. The van der Waals surface area contributed by atoms with Crippen molar-refractivity contribution in [2.75, 3.05) is 0 Å². The zero-order valence-electron chi connectivity index (χ0n) is 9.90. The van der Waals surface area contributed by atoms with E-state index in [2.05, 4.69) is 9.97 Å². The second-order valence-corrected chi connectivity index (χ2v) is 4.40. The highest BCUT2D eigenvalue weighted by atomic mass is 35.5. The first-order valence-electron chi connectivity index (χ1n) is 5.70. The van der Waals surface area contributed by atoms with Gasteiger partial charge >= 0.3 is 0 Å². The first-order chi connectivity index (χ1) is 8.61. The van der Waals surface area contributed by atoms with Crippen LogP contribution in [-0.2, 0) is 6.42 Å². The Balaban J connectivity index is 2.52. The molecule has 94 valence electrons. The molecular weight excluding hydrogens is 252 g/mol. The monoisotopic (exact) mass is 264 g/mol. The minimum atomic E-state index is -0.340. The molecule has 0 fully saturated rings. The van der Waals surface area contributed by atoms with E-state index in [0.29, 0.717) is 22.8 Å². The second kappa shape index (κ2) is 5.23. The normalized spacial score (nSPS) is 10.6. The SMILES string of the molecule is CCCc1nc(O)c(-c2ccc(Cl)cc2)c(=O)[nH]1. The van der Waals surface area contributed by atoms with Gasteiger partial charge in [-0.3, -0.25) is 4.79 Å². The Labute approximate surface area is 109 Å². The number of aromatic amines is 1. The molecule has 0 aliphatic carbocycles. The molecule has 0 bridgehead atoms. The van der Waals surface area contributed by atoms with Crippen LogP contribution in [-0.4, -0.2) is 15.1 Å². The number of nitrogens with one attached hydrogen (secondary N) is 1. The zero-order valence-corrected chi connectivity index (χ0v) is 10.7. The van der Waals surface area contributed by atoms with E-state index in [1.807, 2.05) is 6.92 Å². The van der Waals surface area contributed by atoms with Crippen LogP contribution < -0.4 is 5.56 Å². The molecule has 0 saturated heterocycles. The van der Waals surface area contributed by atoms with Crippen LogP contribution in [0.2, 0.25) is 5.02 Å². The Hall–Kier alpha value is -1.81. The molecule has 1 aromatic carbocycles. The quantitative estimate of drug-likeness (QED) is 0.896. The van der Waals surface area contributed by atoms with Crippen LogP contribution in [0.3, 0.4) is 0 Å². The fourth-order valence-electron chi connectivity index (χ4n) is 1.74. The fourth-order valence-corrected chi connectivity index (χ4v) is 1.86. The third kappa shape index (κ3) is 2.54. The van der Waals surface area contributed by atoms with Gasteiger partial charge in [-0.05, 0) is 24.1 Å². The number of aromatic nitrogens is 2. The van der Waals surface area contributed by atoms with Crippen LogP contribution in [0.5, 0.6) is 5.88 Å². The number of rotatable bonds is 3. The van der Waals surface area contributed by atoms with Crippen LogP contribution in [0.25, 0.3) is 11.1 Å². The molecule has 0 aliphatic rings. The molecule has 0 spiro atoms. The average molecular weight is 265 g/mol.